The summed E-state index contributed by atoms with van der Waals surface area (Å²) in [6, 6.07) is 12.2. The summed E-state index contributed by atoms with van der Waals surface area (Å²) in [6.07, 6.45) is 1.74. The van der Waals surface area contributed by atoms with Gasteiger partial charge in [-0.25, -0.2) is 4.99 Å². The summed E-state index contributed by atoms with van der Waals surface area (Å²) in [5, 5.41) is 1.63. The van der Waals surface area contributed by atoms with Crippen LogP contribution in [0.5, 0.6) is 5.75 Å². The zero-order valence-electron chi connectivity index (χ0n) is 18.1. The molecule has 2 aromatic rings. The van der Waals surface area contributed by atoms with Gasteiger partial charge in [-0.05, 0) is 56.3 Å². The smallest absolute Gasteiger partial charge is 0.269 e. The molecule has 5 nitrogen and oxygen atoms in total. The van der Waals surface area contributed by atoms with Crippen LogP contribution in [0.1, 0.15) is 18.1 Å². The number of hydrogen-bond acceptors (Lipinski definition) is 6. The highest BCUT2D eigenvalue weighted by Crippen LogP contribution is 2.51. The molecule has 1 saturated heterocycles. The summed E-state index contributed by atoms with van der Waals surface area (Å²) in [4.78, 5) is 24.0. The molecule has 4 rings (SSSR count). The first kappa shape index (κ1) is 21.6. The fraction of sp³-hybridized carbons (Fsp3) is 0.250. The zero-order chi connectivity index (χ0) is 22.1. The minimum atomic E-state index is -0.0332. The van der Waals surface area contributed by atoms with Crippen LogP contribution in [-0.4, -0.2) is 36.2 Å². The maximum atomic E-state index is 13.4. The highest BCUT2D eigenvalue weighted by molar-refractivity contribution is 8.19. The van der Waals surface area contributed by atoms with Crippen molar-refractivity contribution in [2.24, 2.45) is 4.99 Å². The molecule has 0 saturated carbocycles. The summed E-state index contributed by atoms with van der Waals surface area (Å²) in [7, 11) is 1.67. The maximum absolute atomic E-state index is 13.4. The number of benzene rings is 2. The lowest BCUT2D eigenvalue weighted by atomic mass is 10.1. The van der Waals surface area contributed by atoms with Crippen molar-refractivity contribution in [2.75, 3.05) is 25.1 Å². The largest absolute Gasteiger partial charge is 0.497 e. The fourth-order valence-corrected chi connectivity index (χ4v) is 5.99. The molecule has 0 aromatic heterocycles. The monoisotopic (exact) mass is 451 g/mol. The second kappa shape index (κ2) is 8.85. The molecule has 0 unspecified atom stereocenters. The van der Waals surface area contributed by atoms with E-state index in [1.54, 1.807) is 29.8 Å². The molecule has 0 aliphatic carbocycles. The van der Waals surface area contributed by atoms with Crippen molar-refractivity contribution in [2.45, 2.75) is 25.7 Å². The first-order valence-corrected chi connectivity index (χ1v) is 11.7. The molecule has 0 N–H and O–H groups in total. The number of rotatable bonds is 5. The highest BCUT2D eigenvalue weighted by Gasteiger charge is 2.39. The third-order valence-corrected chi connectivity index (χ3v) is 7.54. The molecule has 31 heavy (non-hydrogen) atoms. The van der Waals surface area contributed by atoms with Crippen LogP contribution in [0, 0.1) is 13.8 Å². The van der Waals surface area contributed by atoms with E-state index in [0.717, 1.165) is 39.2 Å². The number of nitrogens with zero attached hydrogens (tertiary/aromatic N) is 3. The van der Waals surface area contributed by atoms with Crippen LogP contribution >= 0.6 is 23.5 Å². The Hall–Kier alpha value is -2.64. The van der Waals surface area contributed by atoms with E-state index in [2.05, 4.69) is 31.4 Å². The van der Waals surface area contributed by atoms with Crippen LogP contribution in [0.4, 0.5) is 11.4 Å². The average molecular weight is 452 g/mol. The van der Waals surface area contributed by atoms with Crippen LogP contribution in [0.2, 0.25) is 0 Å². The molecular formula is C24H25N3O2S2. The second-order valence-electron chi connectivity index (χ2n) is 7.31. The topological polar surface area (TPSA) is 45.1 Å². The van der Waals surface area contributed by atoms with E-state index in [-0.39, 0.29) is 5.91 Å². The SMILES string of the molecule is C=CCN1C(=O)/C(=C2/Sc3ccc(OC)cc3N2CC)SC1=Nc1ccc(C)cc1C. The molecule has 1 fully saturated rings. The Morgan fingerprint density at radius 2 is 1.94 bits per heavy atom. The number of fused-ring (bicyclic) bond motifs is 1. The number of aliphatic imine (C=N–C) groups is 1. The van der Waals surface area contributed by atoms with Gasteiger partial charge in [-0.3, -0.25) is 9.69 Å². The van der Waals surface area contributed by atoms with Gasteiger partial charge in [0.15, 0.2) is 5.17 Å². The minimum Gasteiger partial charge on any atom is -0.497 e. The lowest BCUT2D eigenvalue weighted by molar-refractivity contribution is -0.121. The second-order valence-corrected chi connectivity index (χ2v) is 9.31. The number of ether oxygens (including phenoxy) is 1. The summed E-state index contributed by atoms with van der Waals surface area (Å²) in [5.41, 5.74) is 4.22. The number of amidine groups is 1. The highest BCUT2D eigenvalue weighted by atomic mass is 32.2. The molecule has 2 aromatic carbocycles. The summed E-state index contributed by atoms with van der Waals surface area (Å²) in [6.45, 7) is 11.2. The van der Waals surface area contributed by atoms with Gasteiger partial charge in [0.1, 0.15) is 15.7 Å². The standard InChI is InChI=1S/C24H25N3O2S2/c1-6-12-27-22(28)21(31-24(27)25-18-10-8-15(3)13-16(18)4)23-26(7-2)19-14-17(29-5)9-11-20(19)30-23/h6,8-11,13-14H,1,7,12H2,2-5H3/b23-21-,25-24?. The van der Waals surface area contributed by atoms with E-state index < -0.39 is 0 Å². The van der Waals surface area contributed by atoms with E-state index in [0.29, 0.717) is 16.6 Å². The molecule has 0 bridgehead atoms. The number of thioether (sulfide) groups is 2. The molecular weight excluding hydrogens is 426 g/mol. The van der Waals surface area contributed by atoms with Gasteiger partial charge < -0.3 is 9.64 Å². The molecule has 1 amide bonds. The number of anilines is 1. The normalized spacial score (nSPS) is 19.4. The molecule has 2 heterocycles. The predicted octanol–water partition coefficient (Wildman–Crippen LogP) is 5.86. The number of methoxy groups -OCH3 is 1. The molecule has 2 aliphatic rings. The van der Waals surface area contributed by atoms with Crippen molar-refractivity contribution >= 4 is 46.0 Å². The van der Waals surface area contributed by atoms with Crippen molar-refractivity contribution in [1.29, 1.82) is 0 Å². The van der Waals surface area contributed by atoms with Crippen LogP contribution in [0.3, 0.4) is 0 Å². The molecule has 160 valence electrons. The van der Waals surface area contributed by atoms with Gasteiger partial charge in [-0.15, -0.1) is 6.58 Å². The Bertz CT molecular complexity index is 1120. The van der Waals surface area contributed by atoms with Crippen molar-refractivity contribution < 1.29 is 9.53 Å². The van der Waals surface area contributed by atoms with Gasteiger partial charge in [0, 0.05) is 24.1 Å². The van der Waals surface area contributed by atoms with Gasteiger partial charge in [-0.1, -0.05) is 35.5 Å². The zero-order valence-corrected chi connectivity index (χ0v) is 19.8. The first-order valence-electron chi connectivity index (χ1n) is 10.1. The van der Waals surface area contributed by atoms with Crippen molar-refractivity contribution in [3.63, 3.8) is 0 Å². The van der Waals surface area contributed by atoms with Crippen LogP contribution < -0.4 is 9.64 Å². The van der Waals surface area contributed by atoms with Gasteiger partial charge in [0.05, 0.1) is 18.5 Å². The van der Waals surface area contributed by atoms with Gasteiger partial charge in [-0.2, -0.15) is 0 Å². The van der Waals surface area contributed by atoms with E-state index in [9.17, 15) is 4.79 Å². The lowest BCUT2D eigenvalue weighted by Gasteiger charge is -2.19. The Balaban J connectivity index is 1.77. The van der Waals surface area contributed by atoms with Gasteiger partial charge in [0.25, 0.3) is 5.91 Å². The van der Waals surface area contributed by atoms with Crippen LogP contribution in [0.25, 0.3) is 0 Å². The summed E-state index contributed by atoms with van der Waals surface area (Å²) < 4.78 is 5.40. The molecule has 7 heteroatoms. The van der Waals surface area contributed by atoms with E-state index in [1.807, 2.05) is 37.3 Å². The third-order valence-electron chi connectivity index (χ3n) is 5.16. The number of aryl methyl sites for hydroxylation is 2. The molecule has 0 spiro atoms. The van der Waals surface area contributed by atoms with Gasteiger partial charge >= 0.3 is 0 Å². The van der Waals surface area contributed by atoms with Crippen LogP contribution in [-0.2, 0) is 4.79 Å². The Morgan fingerprint density at radius 1 is 1.13 bits per heavy atom. The predicted molar refractivity (Wildman–Crippen MR) is 131 cm³/mol. The number of amides is 1. The van der Waals surface area contributed by atoms with Crippen molar-refractivity contribution in [3.8, 4) is 5.75 Å². The Morgan fingerprint density at radius 3 is 2.61 bits per heavy atom. The number of carbonyl (C=O) groups excluding carboxylic acids is 1. The number of hydrogen-bond donors (Lipinski definition) is 0. The van der Waals surface area contributed by atoms with Crippen LogP contribution in [0.15, 0.2) is 68.9 Å². The minimum absolute atomic E-state index is 0.0332. The first-order chi connectivity index (χ1) is 15.0. The molecule has 2 aliphatic heterocycles. The molecule has 0 atom stereocenters. The van der Waals surface area contributed by atoms with Crippen molar-refractivity contribution in [3.05, 3.63) is 70.1 Å². The van der Waals surface area contributed by atoms with Gasteiger partial charge in [0.2, 0.25) is 0 Å². The van der Waals surface area contributed by atoms with Crippen molar-refractivity contribution in [1.82, 2.24) is 4.90 Å². The Labute approximate surface area is 191 Å². The quantitative estimate of drug-likeness (QED) is 0.421. The average Bonchev–Trinajstić information content (AvgIpc) is 3.27. The summed E-state index contributed by atoms with van der Waals surface area (Å²) >= 11 is 3.06. The Kier molecular flexibility index (Phi) is 6.16. The maximum Gasteiger partial charge on any atom is 0.269 e. The molecule has 0 radical (unpaired) electrons. The fourth-order valence-electron chi connectivity index (χ4n) is 3.61. The van der Waals surface area contributed by atoms with E-state index in [1.165, 1.54) is 17.3 Å². The lowest BCUT2D eigenvalue weighted by Crippen LogP contribution is -2.30. The van der Waals surface area contributed by atoms with E-state index in [4.69, 9.17) is 9.73 Å². The van der Waals surface area contributed by atoms with E-state index >= 15 is 0 Å². The number of carbonyl (C=O) groups is 1. The summed E-state index contributed by atoms with van der Waals surface area (Å²) in [5.74, 6) is 0.772. The third kappa shape index (κ3) is 4.00.